The molecule has 3 aromatic heterocycles. The Balaban J connectivity index is 1.44. The Morgan fingerprint density at radius 2 is 2.08 bits per heavy atom. The third-order valence-electron chi connectivity index (χ3n) is 8.12. The van der Waals surface area contributed by atoms with E-state index in [4.69, 9.17) is 21.6 Å². The summed E-state index contributed by atoms with van der Waals surface area (Å²) in [6, 6.07) is 8.13. The largest absolute Gasteiger partial charge is 0.388 e. The van der Waals surface area contributed by atoms with Crippen molar-refractivity contribution in [2.24, 2.45) is 5.92 Å². The van der Waals surface area contributed by atoms with E-state index in [0.717, 1.165) is 46.7 Å². The maximum absolute atomic E-state index is 14.0. The summed E-state index contributed by atoms with van der Waals surface area (Å²) in [5, 5.41) is 21.1. The highest BCUT2D eigenvalue weighted by atomic mass is 35.5. The first-order chi connectivity index (χ1) is 19.3. The minimum absolute atomic E-state index is 0.361. The van der Waals surface area contributed by atoms with Gasteiger partial charge in [-0.05, 0) is 88.7 Å². The predicted molar refractivity (Wildman–Crippen MR) is 159 cm³/mol. The molecule has 7 nitrogen and oxygen atoms in total. The number of aromatic amines is 1. The average Bonchev–Trinajstić information content (AvgIpc) is 3.72. The van der Waals surface area contributed by atoms with E-state index in [9.17, 15) is 9.50 Å². The van der Waals surface area contributed by atoms with Gasteiger partial charge in [0.15, 0.2) is 5.82 Å². The van der Waals surface area contributed by atoms with Crippen LogP contribution in [0.5, 0.6) is 0 Å². The molecule has 9 heteroatoms. The Morgan fingerprint density at radius 1 is 1.23 bits per heavy atom. The van der Waals surface area contributed by atoms with Crippen LogP contribution in [0.25, 0.3) is 45.3 Å². The number of halogens is 2. The number of fused-ring (bicyclic) bond motifs is 1. The number of rotatable bonds is 7. The number of hydrogen-bond acceptors (Lipinski definition) is 6. The van der Waals surface area contributed by atoms with E-state index in [1.165, 1.54) is 30.5 Å². The summed E-state index contributed by atoms with van der Waals surface area (Å²) < 4.78 is 14.0. The molecule has 1 saturated heterocycles. The summed E-state index contributed by atoms with van der Waals surface area (Å²) >= 11 is 6.40. The third kappa shape index (κ3) is 5.36. The first kappa shape index (κ1) is 26.9. The number of pyridine rings is 1. The number of benzene rings is 1. The number of nitrogens with zero attached hydrogens (tertiary/aromatic N) is 3. The number of nitrogens with one attached hydrogen (secondary N) is 3. The Labute approximate surface area is 237 Å². The minimum atomic E-state index is -0.715. The maximum atomic E-state index is 14.0. The van der Waals surface area contributed by atoms with E-state index in [0.29, 0.717) is 53.2 Å². The van der Waals surface area contributed by atoms with E-state index < -0.39 is 5.60 Å². The molecule has 4 N–H and O–H groups in total. The second-order valence-corrected chi connectivity index (χ2v) is 11.4. The normalized spacial score (nSPS) is 20.7. The lowest BCUT2D eigenvalue weighted by molar-refractivity contribution is 0.0118. The van der Waals surface area contributed by atoms with Gasteiger partial charge < -0.3 is 20.7 Å². The molecule has 0 radical (unpaired) electrons. The summed E-state index contributed by atoms with van der Waals surface area (Å²) in [4.78, 5) is 17.9. The van der Waals surface area contributed by atoms with Crippen molar-refractivity contribution < 1.29 is 9.50 Å². The molecule has 0 spiro atoms. The van der Waals surface area contributed by atoms with E-state index >= 15 is 0 Å². The van der Waals surface area contributed by atoms with E-state index in [1.54, 1.807) is 12.3 Å². The second-order valence-electron chi connectivity index (χ2n) is 11.0. The summed E-state index contributed by atoms with van der Waals surface area (Å²) in [7, 11) is 0. The molecule has 1 saturated carbocycles. The van der Waals surface area contributed by atoms with Crippen LogP contribution in [0.3, 0.4) is 0 Å². The number of β-amino-alcohol motifs (C(OH)–C–C–N with tert-alkyl or cyclic N) is 1. The zero-order chi connectivity index (χ0) is 27.9. The Morgan fingerprint density at radius 3 is 2.83 bits per heavy atom. The van der Waals surface area contributed by atoms with E-state index in [2.05, 4.69) is 27.5 Å². The van der Waals surface area contributed by atoms with Gasteiger partial charge in [0.1, 0.15) is 17.3 Å². The molecular formula is C31H34ClFN6O. The zero-order valence-corrected chi connectivity index (χ0v) is 23.6. The smallest absolute Gasteiger partial charge is 0.162 e. The van der Waals surface area contributed by atoms with Gasteiger partial charge in [0.2, 0.25) is 0 Å². The topological polar surface area (TPSA) is 98.8 Å². The zero-order valence-electron chi connectivity index (χ0n) is 22.8. The van der Waals surface area contributed by atoms with Crippen LogP contribution in [0.2, 0.25) is 5.02 Å². The Bertz CT molecular complexity index is 1690. The van der Waals surface area contributed by atoms with Gasteiger partial charge in [0, 0.05) is 46.7 Å². The van der Waals surface area contributed by atoms with Crippen LogP contribution in [0.15, 0.2) is 36.5 Å². The molecule has 6 rings (SSSR count). The molecule has 208 valence electrons. The molecule has 0 unspecified atom stereocenters. The molecule has 4 heterocycles. The molecule has 40 heavy (non-hydrogen) atoms. The second kappa shape index (κ2) is 10.9. The van der Waals surface area contributed by atoms with Crippen LogP contribution in [0.1, 0.15) is 46.0 Å². The molecule has 2 aliphatic rings. The lowest BCUT2D eigenvalue weighted by Gasteiger charge is -2.32. The molecule has 0 amide bonds. The number of anilines is 1. The molecule has 0 bridgehead atoms. The molecule has 4 aromatic rings. The van der Waals surface area contributed by atoms with Crippen LogP contribution in [0.4, 0.5) is 10.2 Å². The standard InChI is InChI=1S/C31H34ClFN6O/c1-3-25-27(18(2)19-5-6-19)30(36-14-11-31(40)10-4-12-34-17-31)39-29(37-25)21-9-13-35-28-22(21)16-26(38-28)23-15-20(33)7-8-24(23)32/h3,7-9,13,15-16,19,34,40H,4-6,10-12,14,17H2,1-2H3,(H,35,38)(H,36,37,39)/b25-3+,27-18-/t31-/m0/s1. The first-order valence-electron chi connectivity index (χ1n) is 14.0. The van der Waals surface area contributed by atoms with Crippen molar-refractivity contribution in [2.45, 2.75) is 51.6 Å². The van der Waals surface area contributed by atoms with Gasteiger partial charge in [-0.1, -0.05) is 23.3 Å². The van der Waals surface area contributed by atoms with Crippen molar-refractivity contribution in [3.05, 3.63) is 57.9 Å². The van der Waals surface area contributed by atoms with Crippen molar-refractivity contribution >= 4 is 40.1 Å². The predicted octanol–water partition coefficient (Wildman–Crippen LogP) is 4.78. The van der Waals surface area contributed by atoms with Gasteiger partial charge in [0.05, 0.1) is 16.0 Å². The van der Waals surface area contributed by atoms with Crippen molar-refractivity contribution in [1.29, 1.82) is 0 Å². The fourth-order valence-electron chi connectivity index (χ4n) is 5.69. The highest BCUT2D eigenvalue weighted by Crippen LogP contribution is 2.37. The molecular weight excluding hydrogens is 527 g/mol. The van der Waals surface area contributed by atoms with Gasteiger partial charge >= 0.3 is 0 Å². The molecule has 1 atom stereocenters. The maximum Gasteiger partial charge on any atom is 0.162 e. The van der Waals surface area contributed by atoms with E-state index in [-0.39, 0.29) is 5.82 Å². The van der Waals surface area contributed by atoms with Gasteiger partial charge in [-0.25, -0.2) is 19.3 Å². The lowest BCUT2D eigenvalue weighted by Crippen LogP contribution is -2.46. The average molecular weight is 561 g/mol. The minimum Gasteiger partial charge on any atom is -0.388 e. The first-order valence-corrected chi connectivity index (χ1v) is 14.4. The summed E-state index contributed by atoms with van der Waals surface area (Å²) in [6.45, 7) is 6.34. The van der Waals surface area contributed by atoms with Crippen molar-refractivity contribution in [2.75, 3.05) is 25.0 Å². The van der Waals surface area contributed by atoms with Gasteiger partial charge in [-0.2, -0.15) is 0 Å². The third-order valence-corrected chi connectivity index (χ3v) is 8.45. The van der Waals surface area contributed by atoms with Crippen LogP contribution < -0.4 is 21.2 Å². The van der Waals surface area contributed by atoms with Gasteiger partial charge in [-0.3, -0.25) is 0 Å². The number of aromatic nitrogens is 4. The van der Waals surface area contributed by atoms with Crippen molar-refractivity contribution in [3.63, 3.8) is 0 Å². The highest BCUT2D eigenvalue weighted by molar-refractivity contribution is 6.33. The van der Waals surface area contributed by atoms with Crippen LogP contribution in [-0.4, -0.2) is 50.3 Å². The molecule has 1 aromatic carbocycles. The Hall–Kier alpha value is -3.33. The number of H-pyrrole nitrogens is 1. The van der Waals surface area contributed by atoms with Gasteiger partial charge in [0.25, 0.3) is 0 Å². The van der Waals surface area contributed by atoms with Crippen LogP contribution >= 0.6 is 11.6 Å². The number of piperidine rings is 1. The van der Waals surface area contributed by atoms with Crippen molar-refractivity contribution in [1.82, 2.24) is 25.3 Å². The summed E-state index contributed by atoms with van der Waals surface area (Å²) in [5.41, 5.74) is 3.28. The molecule has 1 aliphatic carbocycles. The molecule has 1 aliphatic heterocycles. The Kier molecular flexibility index (Phi) is 7.33. The summed E-state index contributed by atoms with van der Waals surface area (Å²) in [5.74, 6) is 1.55. The SMILES string of the molecule is C/C=c1/nc(-c2ccnc3[nH]c(-c4cc(F)ccc4Cl)cc23)nc(NCC[C@@]2(O)CCCNC2)/c1=C(/C)C1CC1. The fourth-order valence-corrected chi connectivity index (χ4v) is 5.91. The highest BCUT2D eigenvalue weighted by Gasteiger charge is 2.29. The van der Waals surface area contributed by atoms with Crippen LogP contribution in [-0.2, 0) is 0 Å². The lowest BCUT2D eigenvalue weighted by atomic mass is 9.91. The monoisotopic (exact) mass is 560 g/mol. The number of aliphatic hydroxyl groups is 1. The quantitative estimate of drug-likeness (QED) is 0.260. The van der Waals surface area contributed by atoms with Crippen LogP contribution in [0, 0.1) is 11.7 Å². The number of hydrogen-bond donors (Lipinski definition) is 4. The molecule has 2 fully saturated rings. The van der Waals surface area contributed by atoms with E-state index in [1.807, 2.05) is 25.1 Å². The van der Waals surface area contributed by atoms with Gasteiger partial charge in [-0.15, -0.1) is 0 Å². The fraction of sp³-hybridized carbons (Fsp3) is 0.387. The van der Waals surface area contributed by atoms with Crippen molar-refractivity contribution in [3.8, 4) is 22.6 Å². The summed E-state index contributed by atoms with van der Waals surface area (Å²) in [6.07, 6.45) is 8.51.